The summed E-state index contributed by atoms with van der Waals surface area (Å²) in [7, 11) is 0. The van der Waals surface area contributed by atoms with Crippen molar-refractivity contribution in [2.24, 2.45) is 5.73 Å². The fraction of sp³-hybridized carbons (Fsp3) is 0.636. The van der Waals surface area contributed by atoms with Crippen LogP contribution in [0.4, 0.5) is 5.82 Å². The van der Waals surface area contributed by atoms with Crippen molar-refractivity contribution in [1.82, 2.24) is 9.97 Å². The topological polar surface area (TPSA) is 75.0 Å². The quantitative estimate of drug-likeness (QED) is 0.769. The van der Waals surface area contributed by atoms with Gasteiger partial charge in [-0.1, -0.05) is 0 Å². The van der Waals surface area contributed by atoms with Crippen molar-refractivity contribution < 1.29 is 0 Å². The van der Waals surface area contributed by atoms with Crippen LogP contribution in [0.25, 0.3) is 0 Å². The molecule has 0 saturated carbocycles. The van der Waals surface area contributed by atoms with Gasteiger partial charge in [-0.25, -0.2) is 4.98 Å². The number of hydrogen-bond donors (Lipinski definition) is 2. The molecule has 5 nitrogen and oxygen atoms in total. The molecule has 0 aliphatic rings. The number of hydrogen-bond acceptors (Lipinski definition) is 4. The zero-order valence-corrected chi connectivity index (χ0v) is 10.2. The molecule has 0 radical (unpaired) electrons. The molecule has 0 aromatic carbocycles. The van der Waals surface area contributed by atoms with Crippen LogP contribution in [0.1, 0.15) is 26.1 Å². The van der Waals surface area contributed by atoms with Gasteiger partial charge in [0, 0.05) is 18.7 Å². The van der Waals surface area contributed by atoms with Gasteiger partial charge in [0.1, 0.15) is 11.6 Å². The molecule has 0 saturated heterocycles. The molecule has 1 aromatic rings. The van der Waals surface area contributed by atoms with Crippen molar-refractivity contribution >= 4 is 5.82 Å². The first kappa shape index (κ1) is 12.7. The Hall–Kier alpha value is -1.36. The molecule has 1 rings (SSSR count). The van der Waals surface area contributed by atoms with E-state index in [0.29, 0.717) is 18.4 Å². The average molecular weight is 224 g/mol. The summed E-state index contributed by atoms with van der Waals surface area (Å²) in [5.41, 5.74) is 5.39. The minimum absolute atomic E-state index is 0.110. The molecule has 0 aliphatic carbocycles. The Kier molecular flexibility index (Phi) is 4.49. The van der Waals surface area contributed by atoms with Gasteiger partial charge in [0.15, 0.2) is 0 Å². The van der Waals surface area contributed by atoms with Gasteiger partial charge >= 0.3 is 0 Å². The molecule has 16 heavy (non-hydrogen) atoms. The average Bonchev–Trinajstić information content (AvgIpc) is 2.16. The predicted octanol–water partition coefficient (Wildman–Crippen LogP) is 0.642. The summed E-state index contributed by atoms with van der Waals surface area (Å²) >= 11 is 0. The highest BCUT2D eigenvalue weighted by molar-refractivity contribution is 5.38. The first-order chi connectivity index (χ1) is 7.54. The Labute approximate surface area is 95.7 Å². The maximum Gasteiger partial charge on any atom is 0.252 e. The highest BCUT2D eigenvalue weighted by Gasteiger charge is 2.12. The molecule has 0 spiro atoms. The van der Waals surface area contributed by atoms with Crippen LogP contribution in [0.15, 0.2) is 10.9 Å². The van der Waals surface area contributed by atoms with E-state index in [2.05, 4.69) is 28.7 Å². The zero-order chi connectivity index (χ0) is 12.1. The number of H-pyrrole nitrogens is 1. The summed E-state index contributed by atoms with van der Waals surface area (Å²) in [6.45, 7) is 7.41. The predicted molar refractivity (Wildman–Crippen MR) is 65.7 cm³/mol. The number of rotatable bonds is 5. The second-order valence-corrected chi connectivity index (χ2v) is 4.12. The van der Waals surface area contributed by atoms with E-state index in [1.807, 2.05) is 0 Å². The van der Waals surface area contributed by atoms with Crippen LogP contribution in [-0.4, -0.2) is 29.1 Å². The van der Waals surface area contributed by atoms with Crippen molar-refractivity contribution in [3.63, 3.8) is 0 Å². The van der Waals surface area contributed by atoms with Crippen LogP contribution in [0.5, 0.6) is 0 Å². The molecule has 0 fully saturated rings. The highest BCUT2D eigenvalue weighted by Crippen LogP contribution is 2.12. The highest BCUT2D eigenvalue weighted by atomic mass is 16.1. The van der Waals surface area contributed by atoms with E-state index >= 15 is 0 Å². The maximum atomic E-state index is 11.4. The number of aromatic amines is 1. The summed E-state index contributed by atoms with van der Waals surface area (Å²) in [6, 6.07) is 1.84. The van der Waals surface area contributed by atoms with Crippen LogP contribution in [-0.2, 0) is 0 Å². The smallest absolute Gasteiger partial charge is 0.252 e. The van der Waals surface area contributed by atoms with Crippen molar-refractivity contribution in [3.8, 4) is 0 Å². The van der Waals surface area contributed by atoms with E-state index in [1.54, 1.807) is 6.92 Å². The summed E-state index contributed by atoms with van der Waals surface area (Å²) in [4.78, 5) is 20.4. The largest absolute Gasteiger partial charge is 0.354 e. The molecule has 0 unspecified atom stereocenters. The lowest BCUT2D eigenvalue weighted by Gasteiger charge is -2.27. The molecule has 3 N–H and O–H groups in total. The normalized spacial score (nSPS) is 10.8. The van der Waals surface area contributed by atoms with Crippen molar-refractivity contribution in [2.45, 2.75) is 33.2 Å². The summed E-state index contributed by atoms with van der Waals surface area (Å²) in [5, 5.41) is 0. The molecule has 0 amide bonds. The molecule has 1 aromatic heterocycles. The Balaban J connectivity index is 2.96. The lowest BCUT2D eigenvalue weighted by Crippen LogP contribution is -2.34. The monoisotopic (exact) mass is 224 g/mol. The summed E-state index contributed by atoms with van der Waals surface area (Å²) < 4.78 is 0. The molecule has 90 valence electrons. The number of aromatic nitrogens is 2. The Morgan fingerprint density at radius 3 is 2.75 bits per heavy atom. The molecular weight excluding hydrogens is 204 g/mol. The first-order valence-corrected chi connectivity index (χ1v) is 5.59. The molecule has 1 heterocycles. The number of anilines is 1. The lowest BCUT2D eigenvalue weighted by molar-refractivity contribution is 0.646. The summed E-state index contributed by atoms with van der Waals surface area (Å²) in [6.07, 6.45) is 0.895. The van der Waals surface area contributed by atoms with E-state index in [-0.39, 0.29) is 5.56 Å². The van der Waals surface area contributed by atoms with Gasteiger partial charge in [-0.05, 0) is 33.7 Å². The number of aryl methyl sites for hydroxylation is 1. The van der Waals surface area contributed by atoms with Gasteiger partial charge in [0.2, 0.25) is 0 Å². The molecule has 0 aliphatic heterocycles. The van der Waals surface area contributed by atoms with Gasteiger partial charge in [0.05, 0.1) is 0 Å². The van der Waals surface area contributed by atoms with E-state index < -0.39 is 0 Å². The van der Waals surface area contributed by atoms with Crippen LogP contribution < -0.4 is 16.2 Å². The standard InChI is InChI=1S/C11H20N4O/c1-8(2)15(6-4-5-12)10-7-11(16)14-9(3)13-10/h7-8H,4-6,12H2,1-3H3,(H,13,14,16). The van der Waals surface area contributed by atoms with Crippen molar-refractivity contribution in [2.75, 3.05) is 18.0 Å². The number of nitrogens with zero attached hydrogens (tertiary/aromatic N) is 2. The Morgan fingerprint density at radius 2 is 2.25 bits per heavy atom. The second-order valence-electron chi connectivity index (χ2n) is 4.12. The van der Waals surface area contributed by atoms with Gasteiger partial charge in [-0.15, -0.1) is 0 Å². The third-order valence-electron chi connectivity index (χ3n) is 2.37. The van der Waals surface area contributed by atoms with E-state index in [0.717, 1.165) is 18.8 Å². The third kappa shape index (κ3) is 3.34. The van der Waals surface area contributed by atoms with Crippen LogP contribution in [0, 0.1) is 6.92 Å². The van der Waals surface area contributed by atoms with Crippen LogP contribution in [0.3, 0.4) is 0 Å². The van der Waals surface area contributed by atoms with Crippen molar-refractivity contribution in [3.05, 3.63) is 22.2 Å². The molecule has 0 atom stereocenters. The van der Waals surface area contributed by atoms with Gasteiger partial charge in [0.25, 0.3) is 5.56 Å². The number of nitrogens with two attached hydrogens (primary N) is 1. The zero-order valence-electron chi connectivity index (χ0n) is 10.2. The van der Waals surface area contributed by atoms with E-state index in [4.69, 9.17) is 5.73 Å². The second kappa shape index (κ2) is 5.65. The van der Waals surface area contributed by atoms with E-state index in [9.17, 15) is 4.79 Å². The molecule has 0 bridgehead atoms. The maximum absolute atomic E-state index is 11.4. The Morgan fingerprint density at radius 1 is 1.56 bits per heavy atom. The minimum Gasteiger partial charge on any atom is -0.354 e. The van der Waals surface area contributed by atoms with Gasteiger partial charge < -0.3 is 15.6 Å². The number of nitrogens with one attached hydrogen (secondary N) is 1. The Bertz CT molecular complexity index is 386. The fourth-order valence-electron chi connectivity index (χ4n) is 1.61. The van der Waals surface area contributed by atoms with E-state index in [1.165, 1.54) is 6.07 Å². The SMILES string of the molecule is Cc1nc(N(CCCN)C(C)C)cc(=O)[nH]1. The summed E-state index contributed by atoms with van der Waals surface area (Å²) in [5.74, 6) is 1.37. The van der Waals surface area contributed by atoms with Gasteiger partial charge in [-0.3, -0.25) is 4.79 Å². The fourth-order valence-corrected chi connectivity index (χ4v) is 1.61. The van der Waals surface area contributed by atoms with Crippen LogP contribution >= 0.6 is 0 Å². The minimum atomic E-state index is -0.110. The third-order valence-corrected chi connectivity index (χ3v) is 2.37. The molecular formula is C11H20N4O. The lowest BCUT2D eigenvalue weighted by atomic mass is 10.2. The first-order valence-electron chi connectivity index (χ1n) is 5.59. The van der Waals surface area contributed by atoms with Crippen LogP contribution in [0.2, 0.25) is 0 Å². The van der Waals surface area contributed by atoms with Gasteiger partial charge in [-0.2, -0.15) is 0 Å². The molecule has 5 heteroatoms. The van der Waals surface area contributed by atoms with Crippen molar-refractivity contribution in [1.29, 1.82) is 0 Å².